The van der Waals surface area contributed by atoms with E-state index in [2.05, 4.69) is 30.0 Å². The zero-order valence-electron chi connectivity index (χ0n) is 15.8. The number of nitrogens with zero attached hydrogens (tertiary/aromatic N) is 5. The molecular weight excluding hydrogens is 350 g/mol. The lowest BCUT2D eigenvalue weighted by Crippen LogP contribution is -2.38. The molecule has 26 heavy (non-hydrogen) atoms. The third-order valence-electron chi connectivity index (χ3n) is 4.84. The van der Waals surface area contributed by atoms with Crippen LogP contribution in [0.1, 0.15) is 31.9 Å². The Morgan fingerprint density at radius 3 is 2.73 bits per heavy atom. The van der Waals surface area contributed by atoms with Gasteiger partial charge in [-0.3, -0.25) is 9.67 Å². The van der Waals surface area contributed by atoms with Crippen molar-refractivity contribution in [2.24, 2.45) is 5.92 Å². The lowest BCUT2D eigenvalue weighted by molar-refractivity contribution is 0.409. The lowest BCUT2D eigenvalue weighted by atomic mass is 9.96. The first kappa shape index (κ1) is 19.0. The van der Waals surface area contributed by atoms with Crippen molar-refractivity contribution in [3.8, 4) is 11.4 Å². The zero-order chi connectivity index (χ0) is 18.9. The monoisotopic (exact) mass is 377 g/mol. The molecule has 1 fully saturated rings. The van der Waals surface area contributed by atoms with Gasteiger partial charge in [0.2, 0.25) is 0 Å². The summed E-state index contributed by atoms with van der Waals surface area (Å²) in [5.41, 5.74) is 3.09. The Kier molecular flexibility index (Phi) is 5.45. The van der Waals surface area contributed by atoms with Crippen molar-refractivity contribution in [3.63, 3.8) is 0 Å². The number of hydrogen-bond acceptors (Lipinski definition) is 4. The van der Waals surface area contributed by atoms with Crippen molar-refractivity contribution in [3.05, 3.63) is 36.2 Å². The Hall–Kier alpha value is -1.77. The predicted molar refractivity (Wildman–Crippen MR) is 102 cm³/mol. The minimum Gasteiger partial charge on any atom is -0.261 e. The lowest BCUT2D eigenvalue weighted by Gasteiger charge is -2.21. The predicted octanol–water partition coefficient (Wildman–Crippen LogP) is 2.20. The molecule has 0 amide bonds. The molecule has 1 aliphatic rings. The summed E-state index contributed by atoms with van der Waals surface area (Å²) < 4.78 is 29.5. The first-order valence-corrected chi connectivity index (χ1v) is 10.4. The molecule has 0 radical (unpaired) electrons. The standard InChI is InChI=1S/C18H27N5O2S/c1-14(2)23-17(7-10-20-23)18-16(6-5-9-19-18)12-15-8-11-22(13-15)26(24,25)21(3)4/h5-7,9-10,14-15H,8,11-13H2,1-4H3/t15-/m0/s1. The molecule has 2 aromatic heterocycles. The van der Waals surface area contributed by atoms with Gasteiger partial charge in [-0.25, -0.2) is 0 Å². The third-order valence-corrected chi connectivity index (χ3v) is 6.75. The van der Waals surface area contributed by atoms with Crippen LogP contribution in [0.25, 0.3) is 11.4 Å². The van der Waals surface area contributed by atoms with Crippen LogP contribution in [0.4, 0.5) is 0 Å². The van der Waals surface area contributed by atoms with Gasteiger partial charge in [0.15, 0.2) is 0 Å². The molecule has 0 unspecified atom stereocenters. The smallest absolute Gasteiger partial charge is 0.261 e. The van der Waals surface area contributed by atoms with E-state index in [0.29, 0.717) is 19.0 Å². The van der Waals surface area contributed by atoms with Gasteiger partial charge in [-0.2, -0.15) is 22.1 Å². The molecule has 3 heterocycles. The highest BCUT2D eigenvalue weighted by atomic mass is 32.2. The van der Waals surface area contributed by atoms with E-state index in [4.69, 9.17) is 0 Å². The van der Waals surface area contributed by atoms with Crippen LogP contribution in [-0.4, -0.2) is 59.0 Å². The molecule has 0 spiro atoms. The number of hydrogen-bond donors (Lipinski definition) is 0. The molecule has 8 heteroatoms. The highest BCUT2D eigenvalue weighted by Crippen LogP contribution is 2.29. The van der Waals surface area contributed by atoms with Gasteiger partial charge in [0, 0.05) is 45.6 Å². The molecule has 3 rings (SSSR count). The van der Waals surface area contributed by atoms with E-state index in [1.54, 1.807) is 30.8 Å². The van der Waals surface area contributed by atoms with E-state index in [1.807, 2.05) is 16.8 Å². The van der Waals surface area contributed by atoms with E-state index in [1.165, 1.54) is 4.31 Å². The summed E-state index contributed by atoms with van der Waals surface area (Å²) in [5.74, 6) is 0.295. The van der Waals surface area contributed by atoms with Gasteiger partial charge in [0.25, 0.3) is 10.2 Å². The van der Waals surface area contributed by atoms with E-state index in [0.717, 1.165) is 29.8 Å². The van der Waals surface area contributed by atoms with Crippen molar-refractivity contribution < 1.29 is 8.42 Å². The van der Waals surface area contributed by atoms with Gasteiger partial charge in [0.1, 0.15) is 0 Å². The van der Waals surface area contributed by atoms with Gasteiger partial charge in [-0.05, 0) is 50.3 Å². The molecule has 1 atom stereocenters. The van der Waals surface area contributed by atoms with Gasteiger partial charge in [-0.1, -0.05) is 6.07 Å². The van der Waals surface area contributed by atoms with Crippen LogP contribution in [0.5, 0.6) is 0 Å². The van der Waals surface area contributed by atoms with Gasteiger partial charge in [0.05, 0.1) is 11.4 Å². The largest absolute Gasteiger partial charge is 0.281 e. The maximum absolute atomic E-state index is 12.3. The molecule has 0 saturated carbocycles. The Labute approximate surface area is 155 Å². The second-order valence-corrected chi connectivity index (χ2v) is 9.42. The molecule has 2 aromatic rings. The Balaban J connectivity index is 1.81. The van der Waals surface area contributed by atoms with Gasteiger partial charge >= 0.3 is 0 Å². The highest BCUT2D eigenvalue weighted by Gasteiger charge is 2.33. The second-order valence-electron chi connectivity index (χ2n) is 7.27. The molecule has 0 aliphatic carbocycles. The van der Waals surface area contributed by atoms with Crippen LogP contribution in [0.15, 0.2) is 30.6 Å². The quantitative estimate of drug-likeness (QED) is 0.774. The van der Waals surface area contributed by atoms with Crippen LogP contribution in [0.3, 0.4) is 0 Å². The maximum Gasteiger partial charge on any atom is 0.281 e. The number of pyridine rings is 1. The zero-order valence-corrected chi connectivity index (χ0v) is 16.6. The number of aromatic nitrogens is 3. The van der Waals surface area contributed by atoms with E-state index in [-0.39, 0.29) is 6.04 Å². The summed E-state index contributed by atoms with van der Waals surface area (Å²) in [6.07, 6.45) is 5.28. The Morgan fingerprint density at radius 2 is 2.04 bits per heavy atom. The fourth-order valence-corrected chi connectivity index (χ4v) is 4.66. The molecule has 1 saturated heterocycles. The summed E-state index contributed by atoms with van der Waals surface area (Å²) in [6.45, 7) is 5.32. The van der Waals surface area contributed by atoms with Crippen molar-refractivity contribution in [2.45, 2.75) is 32.7 Å². The van der Waals surface area contributed by atoms with Crippen molar-refractivity contribution in [2.75, 3.05) is 27.2 Å². The van der Waals surface area contributed by atoms with E-state index >= 15 is 0 Å². The fraction of sp³-hybridized carbons (Fsp3) is 0.556. The molecule has 0 aromatic carbocycles. The maximum atomic E-state index is 12.3. The topological polar surface area (TPSA) is 71.3 Å². The van der Waals surface area contributed by atoms with Crippen LogP contribution in [0.2, 0.25) is 0 Å². The Morgan fingerprint density at radius 1 is 1.27 bits per heavy atom. The van der Waals surface area contributed by atoms with Crippen molar-refractivity contribution in [1.29, 1.82) is 0 Å². The normalized spacial score (nSPS) is 18.9. The van der Waals surface area contributed by atoms with E-state index < -0.39 is 10.2 Å². The summed E-state index contributed by atoms with van der Waals surface area (Å²) in [5, 5.41) is 4.41. The second kappa shape index (κ2) is 7.46. The molecule has 142 valence electrons. The minimum atomic E-state index is -3.34. The molecule has 0 bridgehead atoms. The first-order valence-electron chi connectivity index (χ1n) is 8.96. The SMILES string of the molecule is CC(C)n1nccc1-c1ncccc1C[C@@H]1CCN(S(=O)(=O)N(C)C)C1. The average molecular weight is 378 g/mol. The first-order chi connectivity index (χ1) is 12.3. The highest BCUT2D eigenvalue weighted by molar-refractivity contribution is 7.86. The number of rotatable bonds is 6. The summed E-state index contributed by atoms with van der Waals surface area (Å²) in [4.78, 5) is 4.60. The fourth-order valence-electron chi connectivity index (χ4n) is 3.46. The van der Waals surface area contributed by atoms with E-state index in [9.17, 15) is 8.42 Å². The van der Waals surface area contributed by atoms with Crippen molar-refractivity contribution >= 4 is 10.2 Å². The molecule has 0 N–H and O–H groups in total. The molecule has 7 nitrogen and oxygen atoms in total. The van der Waals surface area contributed by atoms with Crippen LogP contribution < -0.4 is 0 Å². The van der Waals surface area contributed by atoms with Crippen LogP contribution >= 0.6 is 0 Å². The van der Waals surface area contributed by atoms with Gasteiger partial charge in [-0.15, -0.1) is 0 Å². The Bertz CT molecular complexity index is 860. The minimum absolute atomic E-state index is 0.252. The van der Waals surface area contributed by atoms with Crippen LogP contribution in [0, 0.1) is 5.92 Å². The third kappa shape index (κ3) is 3.67. The summed E-state index contributed by atoms with van der Waals surface area (Å²) in [6, 6.07) is 6.27. The summed E-state index contributed by atoms with van der Waals surface area (Å²) in [7, 11) is -0.180. The molecule has 1 aliphatic heterocycles. The van der Waals surface area contributed by atoms with Crippen molar-refractivity contribution in [1.82, 2.24) is 23.4 Å². The van der Waals surface area contributed by atoms with Gasteiger partial charge < -0.3 is 0 Å². The summed E-state index contributed by atoms with van der Waals surface area (Å²) >= 11 is 0. The van der Waals surface area contributed by atoms with Crippen LogP contribution in [-0.2, 0) is 16.6 Å². The molecular formula is C18H27N5O2S. The average Bonchev–Trinajstić information content (AvgIpc) is 3.24.